The van der Waals surface area contributed by atoms with E-state index >= 15 is 0 Å². The Morgan fingerprint density at radius 3 is 2.17 bits per heavy atom. The lowest BCUT2D eigenvalue weighted by atomic mass is 9.97. The molecule has 6 heteroatoms. The largest absolute Gasteiger partial charge is 0.471 e. The van der Waals surface area contributed by atoms with E-state index in [-0.39, 0.29) is 13.1 Å². The van der Waals surface area contributed by atoms with Gasteiger partial charge in [-0.2, -0.15) is 13.2 Å². The molecule has 0 spiro atoms. The Kier molecular flexibility index (Phi) is 1.82. The number of nitrogens with zero attached hydrogens (tertiary/aromatic N) is 1. The molecule has 1 N–H and O–H groups in total. The summed E-state index contributed by atoms with van der Waals surface area (Å²) in [6.07, 6.45) is -4.82. The Labute approximate surface area is 66.8 Å². The molecule has 0 aromatic carbocycles. The second-order valence-electron chi connectivity index (χ2n) is 3.16. The van der Waals surface area contributed by atoms with Gasteiger partial charge in [-0.15, -0.1) is 0 Å². The van der Waals surface area contributed by atoms with Crippen molar-refractivity contribution in [3.63, 3.8) is 0 Å². The highest BCUT2D eigenvalue weighted by molar-refractivity contribution is 5.82. The number of hydrogen-bond donors (Lipinski definition) is 1. The van der Waals surface area contributed by atoms with Crippen molar-refractivity contribution in [3.05, 3.63) is 0 Å². The summed E-state index contributed by atoms with van der Waals surface area (Å²) >= 11 is 0. The fourth-order valence-corrected chi connectivity index (χ4v) is 1.10. The maximum Gasteiger partial charge on any atom is 0.471 e. The van der Waals surface area contributed by atoms with Crippen molar-refractivity contribution < 1.29 is 23.1 Å². The normalized spacial score (nSPS) is 21.9. The van der Waals surface area contributed by atoms with Crippen molar-refractivity contribution in [1.29, 1.82) is 0 Å². The Morgan fingerprint density at radius 2 is 1.92 bits per heavy atom. The summed E-state index contributed by atoms with van der Waals surface area (Å²) in [4.78, 5) is 11.0. The van der Waals surface area contributed by atoms with Crippen molar-refractivity contribution in [2.75, 3.05) is 13.1 Å². The van der Waals surface area contributed by atoms with Crippen LogP contribution in [-0.4, -0.2) is 40.8 Å². The van der Waals surface area contributed by atoms with E-state index in [4.69, 9.17) is 5.11 Å². The highest BCUT2D eigenvalue weighted by Gasteiger charge is 2.49. The molecule has 0 bridgehead atoms. The molecule has 1 aliphatic heterocycles. The lowest BCUT2D eigenvalue weighted by Gasteiger charge is -2.44. The van der Waals surface area contributed by atoms with Gasteiger partial charge in [0.25, 0.3) is 0 Å². The number of hydrogen-bond acceptors (Lipinski definition) is 2. The van der Waals surface area contributed by atoms with Gasteiger partial charge in [0, 0.05) is 0 Å². The minimum Gasteiger partial charge on any atom is -0.386 e. The summed E-state index contributed by atoms with van der Waals surface area (Å²) < 4.78 is 35.1. The van der Waals surface area contributed by atoms with Crippen LogP contribution in [0.3, 0.4) is 0 Å². The van der Waals surface area contributed by atoms with E-state index in [2.05, 4.69) is 0 Å². The summed E-state index contributed by atoms with van der Waals surface area (Å²) in [5, 5.41) is 9.04. The van der Waals surface area contributed by atoms with E-state index in [9.17, 15) is 18.0 Å². The number of aliphatic hydroxyl groups is 1. The van der Waals surface area contributed by atoms with Crippen molar-refractivity contribution in [3.8, 4) is 0 Å². The molecule has 0 atom stereocenters. The number of alkyl halides is 3. The van der Waals surface area contributed by atoms with Crippen LogP contribution >= 0.6 is 0 Å². The molecular weight excluding hydrogens is 175 g/mol. The third-order valence-corrected chi connectivity index (χ3v) is 1.59. The molecule has 0 aromatic rings. The second kappa shape index (κ2) is 2.35. The number of rotatable bonds is 0. The number of likely N-dealkylation sites (tertiary alicyclic amines) is 1. The second-order valence-corrected chi connectivity index (χ2v) is 3.16. The van der Waals surface area contributed by atoms with E-state index in [0.29, 0.717) is 4.90 Å². The van der Waals surface area contributed by atoms with E-state index in [1.165, 1.54) is 6.92 Å². The van der Waals surface area contributed by atoms with Crippen LogP contribution in [0.1, 0.15) is 6.92 Å². The molecule has 1 amide bonds. The van der Waals surface area contributed by atoms with Crippen LogP contribution in [-0.2, 0) is 4.79 Å². The lowest BCUT2D eigenvalue weighted by Crippen LogP contribution is -2.64. The molecule has 12 heavy (non-hydrogen) atoms. The highest BCUT2D eigenvalue weighted by atomic mass is 19.4. The third kappa shape index (κ3) is 1.69. The van der Waals surface area contributed by atoms with Crippen LogP contribution in [0.4, 0.5) is 13.2 Å². The van der Waals surface area contributed by atoms with Crippen LogP contribution < -0.4 is 0 Å². The van der Waals surface area contributed by atoms with Gasteiger partial charge in [-0.25, -0.2) is 0 Å². The van der Waals surface area contributed by atoms with Crippen LogP contribution in [0, 0.1) is 0 Å². The zero-order valence-corrected chi connectivity index (χ0v) is 6.35. The van der Waals surface area contributed by atoms with Gasteiger partial charge in [0.05, 0.1) is 18.7 Å². The third-order valence-electron chi connectivity index (χ3n) is 1.59. The smallest absolute Gasteiger partial charge is 0.386 e. The standard InChI is InChI=1S/C6H8F3NO2/c1-5(12)2-10(3-5)4(11)6(7,8)9/h12H,2-3H2,1H3. The molecule has 0 unspecified atom stereocenters. The summed E-state index contributed by atoms with van der Waals surface area (Å²) in [6, 6.07) is 0. The number of carbonyl (C=O) groups excluding carboxylic acids is 1. The first-order chi connectivity index (χ1) is 5.22. The minimum absolute atomic E-state index is 0.245. The van der Waals surface area contributed by atoms with Crippen LogP contribution in [0.25, 0.3) is 0 Å². The van der Waals surface area contributed by atoms with Crippen LogP contribution in [0.5, 0.6) is 0 Å². The van der Waals surface area contributed by atoms with Gasteiger partial charge in [-0.05, 0) is 6.92 Å². The predicted molar refractivity (Wildman–Crippen MR) is 33.3 cm³/mol. The molecule has 3 nitrogen and oxygen atoms in total. The summed E-state index contributed by atoms with van der Waals surface area (Å²) in [7, 11) is 0. The zero-order chi connectivity index (χ0) is 9.57. The van der Waals surface area contributed by atoms with Gasteiger partial charge < -0.3 is 10.0 Å². The number of amides is 1. The topological polar surface area (TPSA) is 40.5 Å². The van der Waals surface area contributed by atoms with Gasteiger partial charge in [-0.1, -0.05) is 0 Å². The SMILES string of the molecule is CC1(O)CN(C(=O)C(F)(F)F)C1. The maximum absolute atomic E-state index is 11.7. The summed E-state index contributed by atoms with van der Waals surface area (Å²) in [5.41, 5.74) is -1.15. The van der Waals surface area contributed by atoms with Gasteiger partial charge in [-0.3, -0.25) is 4.79 Å². The van der Waals surface area contributed by atoms with Crippen molar-refractivity contribution in [2.45, 2.75) is 18.7 Å². The van der Waals surface area contributed by atoms with Gasteiger partial charge >= 0.3 is 12.1 Å². The zero-order valence-electron chi connectivity index (χ0n) is 6.35. The first-order valence-corrected chi connectivity index (χ1v) is 3.31. The van der Waals surface area contributed by atoms with Crippen molar-refractivity contribution in [1.82, 2.24) is 4.90 Å². The molecule has 0 radical (unpaired) electrons. The molecule has 1 fully saturated rings. The summed E-state index contributed by atoms with van der Waals surface area (Å²) in [5.74, 6) is -1.88. The Bertz CT molecular complexity index is 203. The van der Waals surface area contributed by atoms with Gasteiger partial charge in [0.15, 0.2) is 0 Å². The molecule has 0 aromatic heterocycles. The monoisotopic (exact) mass is 183 g/mol. The van der Waals surface area contributed by atoms with E-state index in [1.807, 2.05) is 0 Å². The molecule has 1 heterocycles. The average molecular weight is 183 g/mol. The first kappa shape index (κ1) is 9.31. The van der Waals surface area contributed by atoms with E-state index in [1.54, 1.807) is 0 Å². The molecule has 0 aliphatic carbocycles. The van der Waals surface area contributed by atoms with E-state index in [0.717, 1.165) is 0 Å². The minimum atomic E-state index is -4.82. The van der Waals surface area contributed by atoms with Gasteiger partial charge in [0.1, 0.15) is 0 Å². The van der Waals surface area contributed by atoms with Crippen LogP contribution in [0.15, 0.2) is 0 Å². The summed E-state index contributed by atoms with van der Waals surface area (Å²) in [6.45, 7) is 0.893. The number of carbonyl (C=O) groups is 1. The fraction of sp³-hybridized carbons (Fsp3) is 0.833. The van der Waals surface area contributed by atoms with Crippen molar-refractivity contribution in [2.24, 2.45) is 0 Å². The Balaban J connectivity index is 2.50. The molecule has 0 saturated carbocycles. The molecule has 70 valence electrons. The number of β-amino-alcohol motifs (C(OH)–C–C–N with tert-alkyl or cyclic N) is 1. The maximum atomic E-state index is 11.7. The molecule has 1 saturated heterocycles. The van der Waals surface area contributed by atoms with Gasteiger partial charge in [0.2, 0.25) is 0 Å². The molecule has 1 aliphatic rings. The lowest BCUT2D eigenvalue weighted by molar-refractivity contribution is -0.201. The average Bonchev–Trinajstić information content (AvgIpc) is 1.78. The van der Waals surface area contributed by atoms with Crippen molar-refractivity contribution >= 4 is 5.91 Å². The highest BCUT2D eigenvalue weighted by Crippen LogP contribution is 2.26. The van der Waals surface area contributed by atoms with E-state index < -0.39 is 17.7 Å². The fourth-order valence-electron chi connectivity index (χ4n) is 1.10. The Morgan fingerprint density at radius 1 is 1.50 bits per heavy atom. The Hall–Kier alpha value is -0.780. The molecule has 1 rings (SSSR count). The number of halogens is 3. The molecular formula is C6H8F3NO2. The van der Waals surface area contributed by atoms with Crippen LogP contribution in [0.2, 0.25) is 0 Å². The first-order valence-electron chi connectivity index (χ1n) is 3.31. The quantitative estimate of drug-likeness (QED) is 0.580. The predicted octanol–water partition coefficient (Wildman–Crippen LogP) is 0.142.